The van der Waals surface area contributed by atoms with Gasteiger partial charge in [-0.2, -0.15) is 5.11 Å². The lowest BCUT2D eigenvalue weighted by molar-refractivity contribution is 0.199. The molecule has 0 fully saturated rings. The van der Waals surface area contributed by atoms with Crippen LogP contribution in [0.2, 0.25) is 0 Å². The number of hydrogen-bond donors (Lipinski definition) is 2. The van der Waals surface area contributed by atoms with Crippen LogP contribution in [0.4, 0.5) is 17.1 Å². The summed E-state index contributed by atoms with van der Waals surface area (Å²) in [6.07, 6.45) is -0.521. The summed E-state index contributed by atoms with van der Waals surface area (Å²) >= 11 is 0. The van der Waals surface area contributed by atoms with E-state index >= 15 is 0 Å². The number of hydrogen-bond acceptors (Lipinski definition) is 5. The molecule has 0 aliphatic rings. The fraction of sp³-hybridized carbons (Fsp3) is 0.333. The van der Waals surface area contributed by atoms with Crippen LogP contribution in [0.5, 0.6) is 0 Å². The number of likely N-dealkylation sites (N-methyl/N-ethyl adjacent to an activating group) is 1. The lowest BCUT2D eigenvalue weighted by Gasteiger charge is -2.19. The SMILES string of the molecule is CCN(CC)CCNc1ccc(N=Nc2cccc(C(C)O)c2)c2ccccc12. The molecular weight excluding hydrogens is 360 g/mol. The zero-order chi connectivity index (χ0) is 20.6. The first-order valence-corrected chi connectivity index (χ1v) is 10.3. The van der Waals surface area contributed by atoms with Crippen LogP contribution in [-0.2, 0) is 0 Å². The highest BCUT2D eigenvalue weighted by atomic mass is 16.3. The number of aliphatic hydroxyl groups is 1. The van der Waals surface area contributed by atoms with Crippen molar-refractivity contribution in [1.29, 1.82) is 0 Å². The Kier molecular flexibility index (Phi) is 7.33. The van der Waals surface area contributed by atoms with Crippen LogP contribution in [0.3, 0.4) is 0 Å². The molecule has 0 bridgehead atoms. The van der Waals surface area contributed by atoms with Gasteiger partial charge in [0, 0.05) is 29.5 Å². The molecule has 29 heavy (non-hydrogen) atoms. The average molecular weight is 391 g/mol. The average Bonchev–Trinajstić information content (AvgIpc) is 2.76. The van der Waals surface area contributed by atoms with E-state index in [2.05, 4.69) is 52.5 Å². The largest absolute Gasteiger partial charge is 0.389 e. The molecule has 0 saturated carbocycles. The zero-order valence-corrected chi connectivity index (χ0v) is 17.5. The maximum atomic E-state index is 9.76. The van der Waals surface area contributed by atoms with Crippen LogP contribution >= 0.6 is 0 Å². The standard InChI is InChI=1S/C24H30N4O/c1-4-28(5-2)16-15-25-23-13-14-24(22-12-7-6-11-21(22)23)27-26-20-10-8-9-19(17-20)18(3)29/h6-14,17-18,25,29H,4-5,15-16H2,1-3H3. The van der Waals surface area contributed by atoms with Gasteiger partial charge in [-0.3, -0.25) is 0 Å². The summed E-state index contributed by atoms with van der Waals surface area (Å²) in [6.45, 7) is 10.2. The van der Waals surface area contributed by atoms with Crippen molar-refractivity contribution in [2.24, 2.45) is 10.2 Å². The van der Waals surface area contributed by atoms with Gasteiger partial charge in [-0.05, 0) is 49.8 Å². The fourth-order valence-electron chi connectivity index (χ4n) is 3.37. The molecule has 1 unspecified atom stereocenters. The summed E-state index contributed by atoms with van der Waals surface area (Å²) in [4.78, 5) is 2.40. The number of nitrogens with one attached hydrogen (secondary N) is 1. The van der Waals surface area contributed by atoms with Crippen molar-refractivity contribution >= 4 is 27.8 Å². The van der Waals surface area contributed by atoms with Gasteiger partial charge < -0.3 is 15.3 Å². The summed E-state index contributed by atoms with van der Waals surface area (Å²) in [7, 11) is 0. The Labute approximate surface area is 173 Å². The Morgan fingerprint density at radius 2 is 1.69 bits per heavy atom. The fourth-order valence-corrected chi connectivity index (χ4v) is 3.37. The van der Waals surface area contributed by atoms with Gasteiger partial charge in [-0.25, -0.2) is 0 Å². The lowest BCUT2D eigenvalue weighted by atomic mass is 10.1. The van der Waals surface area contributed by atoms with Crippen LogP contribution in [0.1, 0.15) is 32.4 Å². The minimum Gasteiger partial charge on any atom is -0.389 e. The van der Waals surface area contributed by atoms with Gasteiger partial charge in [0.25, 0.3) is 0 Å². The van der Waals surface area contributed by atoms with E-state index in [9.17, 15) is 5.11 Å². The molecule has 0 aliphatic carbocycles. The lowest BCUT2D eigenvalue weighted by Crippen LogP contribution is -2.28. The maximum absolute atomic E-state index is 9.76. The molecule has 3 aromatic rings. The van der Waals surface area contributed by atoms with E-state index in [1.807, 2.05) is 42.5 Å². The third-order valence-electron chi connectivity index (χ3n) is 5.16. The topological polar surface area (TPSA) is 60.2 Å². The first kappa shape index (κ1) is 21.0. The van der Waals surface area contributed by atoms with E-state index in [-0.39, 0.29) is 0 Å². The smallest absolute Gasteiger partial charge is 0.0936 e. The van der Waals surface area contributed by atoms with Crippen molar-refractivity contribution in [3.8, 4) is 0 Å². The molecule has 0 saturated heterocycles. The van der Waals surface area contributed by atoms with Crippen LogP contribution in [0.25, 0.3) is 10.8 Å². The molecule has 3 rings (SSSR count). The molecule has 5 nitrogen and oxygen atoms in total. The molecule has 0 radical (unpaired) electrons. The molecule has 2 N–H and O–H groups in total. The Morgan fingerprint density at radius 3 is 2.41 bits per heavy atom. The Balaban J connectivity index is 1.82. The summed E-state index contributed by atoms with van der Waals surface area (Å²) in [5.41, 5.74) is 3.51. The van der Waals surface area contributed by atoms with E-state index in [1.165, 1.54) is 0 Å². The molecule has 0 aliphatic heterocycles. The van der Waals surface area contributed by atoms with Gasteiger partial charge in [0.2, 0.25) is 0 Å². The number of benzene rings is 3. The molecule has 152 valence electrons. The molecule has 0 amide bonds. The maximum Gasteiger partial charge on any atom is 0.0936 e. The van der Waals surface area contributed by atoms with E-state index < -0.39 is 6.10 Å². The van der Waals surface area contributed by atoms with Crippen molar-refractivity contribution in [2.45, 2.75) is 26.9 Å². The summed E-state index contributed by atoms with van der Waals surface area (Å²) < 4.78 is 0. The number of nitrogens with zero attached hydrogens (tertiary/aromatic N) is 3. The van der Waals surface area contributed by atoms with Gasteiger partial charge in [0.1, 0.15) is 0 Å². The number of rotatable bonds is 9. The normalized spacial score (nSPS) is 12.7. The molecule has 3 aromatic carbocycles. The van der Waals surface area contributed by atoms with E-state index in [0.717, 1.165) is 59.6 Å². The number of azo groups is 1. The molecular formula is C24H30N4O. The Bertz CT molecular complexity index is 964. The highest BCUT2D eigenvalue weighted by molar-refractivity contribution is 6.00. The second-order valence-corrected chi connectivity index (χ2v) is 7.10. The van der Waals surface area contributed by atoms with Gasteiger partial charge in [-0.15, -0.1) is 5.11 Å². The highest BCUT2D eigenvalue weighted by Gasteiger charge is 2.07. The highest BCUT2D eigenvalue weighted by Crippen LogP contribution is 2.33. The molecule has 0 aromatic heterocycles. The first-order valence-electron chi connectivity index (χ1n) is 10.3. The monoisotopic (exact) mass is 390 g/mol. The molecule has 0 spiro atoms. The molecule has 5 heteroatoms. The van der Waals surface area contributed by atoms with Crippen molar-refractivity contribution in [1.82, 2.24) is 4.90 Å². The van der Waals surface area contributed by atoms with Crippen molar-refractivity contribution in [3.05, 3.63) is 66.2 Å². The summed E-state index contributed by atoms with van der Waals surface area (Å²) in [6, 6.07) is 19.9. The number of fused-ring (bicyclic) bond motifs is 1. The van der Waals surface area contributed by atoms with Gasteiger partial charge in [0.05, 0.1) is 17.5 Å². The summed E-state index contributed by atoms with van der Waals surface area (Å²) in [5.74, 6) is 0. The Hall–Kier alpha value is -2.76. The second-order valence-electron chi connectivity index (χ2n) is 7.10. The van der Waals surface area contributed by atoms with E-state index in [0.29, 0.717) is 0 Å². The minimum atomic E-state index is -0.521. The predicted octanol–water partition coefficient (Wildman–Crippen LogP) is 6.06. The van der Waals surface area contributed by atoms with Crippen molar-refractivity contribution in [2.75, 3.05) is 31.5 Å². The molecule has 0 heterocycles. The van der Waals surface area contributed by atoms with E-state index in [1.54, 1.807) is 6.92 Å². The molecule has 1 atom stereocenters. The van der Waals surface area contributed by atoms with Gasteiger partial charge in [-0.1, -0.05) is 50.2 Å². The Morgan fingerprint density at radius 1 is 0.931 bits per heavy atom. The summed E-state index contributed by atoms with van der Waals surface area (Å²) in [5, 5.41) is 24.4. The number of aliphatic hydroxyl groups excluding tert-OH is 1. The third-order valence-corrected chi connectivity index (χ3v) is 5.16. The predicted molar refractivity (Wildman–Crippen MR) is 121 cm³/mol. The van der Waals surface area contributed by atoms with Crippen LogP contribution in [-0.4, -0.2) is 36.2 Å². The van der Waals surface area contributed by atoms with Crippen molar-refractivity contribution < 1.29 is 5.11 Å². The van der Waals surface area contributed by atoms with Crippen LogP contribution < -0.4 is 5.32 Å². The first-order chi connectivity index (χ1) is 14.1. The second kappa shape index (κ2) is 10.1. The zero-order valence-electron chi connectivity index (χ0n) is 17.5. The third kappa shape index (κ3) is 5.40. The van der Waals surface area contributed by atoms with Crippen LogP contribution in [0, 0.1) is 0 Å². The van der Waals surface area contributed by atoms with E-state index in [4.69, 9.17) is 0 Å². The van der Waals surface area contributed by atoms with Gasteiger partial charge in [0.15, 0.2) is 0 Å². The number of anilines is 1. The van der Waals surface area contributed by atoms with Crippen molar-refractivity contribution in [3.63, 3.8) is 0 Å². The minimum absolute atomic E-state index is 0.521. The van der Waals surface area contributed by atoms with Gasteiger partial charge >= 0.3 is 0 Å². The quantitative estimate of drug-likeness (QED) is 0.436. The van der Waals surface area contributed by atoms with Crippen LogP contribution in [0.15, 0.2) is 70.9 Å².